The lowest BCUT2D eigenvalue weighted by Crippen LogP contribution is -2.58. The van der Waals surface area contributed by atoms with Crippen LogP contribution in [0.3, 0.4) is 0 Å². The summed E-state index contributed by atoms with van der Waals surface area (Å²) in [6, 6.07) is 31.1. The van der Waals surface area contributed by atoms with Gasteiger partial charge in [0, 0.05) is 29.5 Å². The number of non-ortho nitro benzene ring substituents is 1. The number of ketones is 2. The molecule has 8 rings (SSSR count). The monoisotopic (exact) mass is 694 g/mol. The standard InChI is InChI=1S/C42H34N2O8/c45-21-22-52-30-17-11-26(12-18-30)38-31-19-20-32-37(41(49)43(40(32)48)28-13-15-29(16-14-28)44(50)51)34(31)23-35-39(47)33(25-7-3-1-4-8-25)24-36(46)42(35,38)27-9-5-2-6-10-27/h1-19,24,32,34-35,37-38,45H,20-23H2. The normalized spacial score (nSPS) is 26.6. The number of carbonyl (C=O) groups excluding carboxylic acids is 4. The maximum atomic E-state index is 15.1. The predicted octanol–water partition coefficient (Wildman–Crippen LogP) is 5.99. The van der Waals surface area contributed by atoms with Crippen molar-refractivity contribution in [3.8, 4) is 5.75 Å². The molecule has 4 aromatic carbocycles. The Morgan fingerprint density at radius 1 is 0.827 bits per heavy atom. The maximum Gasteiger partial charge on any atom is 0.269 e. The maximum absolute atomic E-state index is 15.1. The van der Waals surface area contributed by atoms with Crippen LogP contribution in [-0.4, -0.2) is 46.6 Å². The summed E-state index contributed by atoms with van der Waals surface area (Å²) in [6.07, 6.45) is 3.89. The van der Waals surface area contributed by atoms with E-state index in [-0.39, 0.29) is 49.0 Å². The fourth-order valence-corrected chi connectivity index (χ4v) is 9.15. The van der Waals surface area contributed by atoms with Crippen LogP contribution in [0.5, 0.6) is 5.75 Å². The number of nitro groups is 1. The highest BCUT2D eigenvalue weighted by Gasteiger charge is 2.66. The molecule has 1 saturated carbocycles. The Morgan fingerprint density at radius 3 is 2.15 bits per heavy atom. The van der Waals surface area contributed by atoms with Gasteiger partial charge in [0.1, 0.15) is 12.4 Å². The van der Waals surface area contributed by atoms with E-state index < -0.39 is 51.7 Å². The van der Waals surface area contributed by atoms with Crippen molar-refractivity contribution in [1.29, 1.82) is 0 Å². The summed E-state index contributed by atoms with van der Waals surface area (Å²) >= 11 is 0. The molecule has 1 N–H and O–H groups in total. The third kappa shape index (κ3) is 5.04. The van der Waals surface area contributed by atoms with Gasteiger partial charge in [-0.2, -0.15) is 0 Å². The number of ether oxygens (including phenoxy) is 1. The summed E-state index contributed by atoms with van der Waals surface area (Å²) < 4.78 is 5.66. The second kappa shape index (κ2) is 13.0. The van der Waals surface area contributed by atoms with E-state index in [4.69, 9.17) is 4.74 Å². The Morgan fingerprint density at radius 2 is 1.50 bits per heavy atom. The molecule has 3 aliphatic carbocycles. The number of nitrogens with zero attached hydrogens (tertiary/aromatic N) is 2. The molecule has 0 aromatic heterocycles. The van der Waals surface area contributed by atoms with E-state index in [1.54, 1.807) is 24.3 Å². The Labute approximate surface area is 299 Å². The van der Waals surface area contributed by atoms with Crippen molar-refractivity contribution < 1.29 is 33.9 Å². The van der Waals surface area contributed by atoms with Gasteiger partial charge in [0.05, 0.1) is 34.5 Å². The number of hydrogen-bond acceptors (Lipinski definition) is 8. The molecule has 52 heavy (non-hydrogen) atoms. The van der Waals surface area contributed by atoms with Crippen LogP contribution in [0.4, 0.5) is 11.4 Å². The molecule has 4 aliphatic rings. The van der Waals surface area contributed by atoms with Crippen LogP contribution in [0.15, 0.2) is 127 Å². The van der Waals surface area contributed by atoms with E-state index >= 15 is 9.59 Å². The molecule has 2 fully saturated rings. The first-order valence-electron chi connectivity index (χ1n) is 17.3. The Balaban J connectivity index is 1.31. The van der Waals surface area contributed by atoms with Gasteiger partial charge in [0.15, 0.2) is 11.6 Å². The molecule has 10 heteroatoms. The van der Waals surface area contributed by atoms with E-state index in [1.807, 2.05) is 66.7 Å². The molecule has 6 atom stereocenters. The number of amides is 2. The van der Waals surface area contributed by atoms with E-state index in [1.165, 1.54) is 30.3 Å². The van der Waals surface area contributed by atoms with E-state index in [0.29, 0.717) is 22.4 Å². The summed E-state index contributed by atoms with van der Waals surface area (Å²) in [5.41, 5.74) is 1.94. The van der Waals surface area contributed by atoms with Crippen LogP contribution < -0.4 is 9.64 Å². The van der Waals surface area contributed by atoms with Crippen molar-refractivity contribution in [3.05, 3.63) is 154 Å². The molecule has 1 aliphatic heterocycles. The van der Waals surface area contributed by atoms with Crippen LogP contribution in [0.1, 0.15) is 35.4 Å². The largest absolute Gasteiger partial charge is 0.491 e. The van der Waals surface area contributed by atoms with Crippen LogP contribution in [0.25, 0.3) is 5.57 Å². The highest BCUT2D eigenvalue weighted by Crippen LogP contribution is 2.63. The first-order valence-corrected chi connectivity index (χ1v) is 17.3. The summed E-state index contributed by atoms with van der Waals surface area (Å²) in [6.45, 7) is -0.0484. The average Bonchev–Trinajstić information content (AvgIpc) is 3.44. The molecular formula is C42H34N2O8. The van der Waals surface area contributed by atoms with E-state index in [0.717, 1.165) is 16.0 Å². The van der Waals surface area contributed by atoms with Crippen molar-refractivity contribution in [2.24, 2.45) is 23.7 Å². The average molecular weight is 695 g/mol. The minimum absolute atomic E-state index is 0.108. The Bertz CT molecular complexity index is 2160. The molecule has 4 aromatic rings. The van der Waals surface area contributed by atoms with Gasteiger partial charge in [-0.1, -0.05) is 84.4 Å². The number of fused-ring (bicyclic) bond motifs is 4. The topological polar surface area (TPSA) is 144 Å². The first kappa shape index (κ1) is 33.2. The molecule has 1 saturated heterocycles. The number of hydrogen-bond donors (Lipinski definition) is 1. The van der Waals surface area contributed by atoms with Gasteiger partial charge < -0.3 is 9.84 Å². The number of rotatable bonds is 8. The lowest BCUT2D eigenvalue weighted by molar-refractivity contribution is -0.384. The summed E-state index contributed by atoms with van der Waals surface area (Å²) in [5.74, 6) is -4.31. The number of imide groups is 1. The summed E-state index contributed by atoms with van der Waals surface area (Å²) in [5, 5.41) is 20.6. The van der Waals surface area contributed by atoms with E-state index in [9.17, 15) is 24.8 Å². The summed E-state index contributed by atoms with van der Waals surface area (Å²) in [4.78, 5) is 70.6. The lowest BCUT2D eigenvalue weighted by Gasteiger charge is -2.55. The van der Waals surface area contributed by atoms with Crippen molar-refractivity contribution in [1.82, 2.24) is 0 Å². The number of benzene rings is 4. The highest BCUT2D eigenvalue weighted by atomic mass is 16.6. The van der Waals surface area contributed by atoms with Gasteiger partial charge in [-0.3, -0.25) is 34.2 Å². The third-order valence-corrected chi connectivity index (χ3v) is 11.3. The SMILES string of the molecule is O=C1C(c2ccccc2)=CC(=O)C2(c3ccccc3)C1CC1C(=CCC3C(=O)N(c4ccc([N+](=O)[O-])cc4)C(=O)C31)C2c1ccc(OCCO)cc1. The quantitative estimate of drug-likeness (QED) is 0.102. The van der Waals surface area contributed by atoms with Crippen molar-refractivity contribution >= 4 is 40.3 Å². The van der Waals surface area contributed by atoms with E-state index in [2.05, 4.69) is 0 Å². The number of Topliss-reactive ketones (excluding diaryl/α,β-unsaturated/α-hetero) is 1. The van der Waals surface area contributed by atoms with Gasteiger partial charge in [0.25, 0.3) is 5.69 Å². The molecular weight excluding hydrogens is 660 g/mol. The highest BCUT2D eigenvalue weighted by molar-refractivity contribution is 6.32. The molecule has 1 heterocycles. The molecule has 0 radical (unpaired) electrons. The fourth-order valence-electron chi connectivity index (χ4n) is 9.15. The second-order valence-electron chi connectivity index (χ2n) is 13.7. The fraction of sp³-hybridized carbons (Fsp3) is 0.238. The van der Waals surface area contributed by atoms with Gasteiger partial charge >= 0.3 is 0 Å². The number of carbonyl (C=O) groups is 4. The van der Waals surface area contributed by atoms with Crippen molar-refractivity contribution in [2.75, 3.05) is 18.1 Å². The Hall–Kier alpha value is -6.00. The van der Waals surface area contributed by atoms with Crippen LogP contribution in [-0.2, 0) is 24.6 Å². The number of aliphatic hydroxyl groups excluding tert-OH is 1. The first-order chi connectivity index (χ1) is 25.2. The zero-order valence-electron chi connectivity index (χ0n) is 28.0. The molecule has 6 unspecified atom stereocenters. The molecule has 2 amide bonds. The molecule has 0 bridgehead atoms. The number of anilines is 1. The third-order valence-electron chi connectivity index (χ3n) is 11.3. The summed E-state index contributed by atoms with van der Waals surface area (Å²) in [7, 11) is 0. The van der Waals surface area contributed by atoms with Crippen molar-refractivity contribution in [3.63, 3.8) is 0 Å². The minimum atomic E-state index is -1.36. The van der Waals surface area contributed by atoms with Crippen molar-refractivity contribution in [2.45, 2.75) is 24.2 Å². The lowest BCUT2D eigenvalue weighted by atomic mass is 9.44. The van der Waals surface area contributed by atoms with Crippen LogP contribution in [0.2, 0.25) is 0 Å². The number of nitro benzene ring substituents is 1. The molecule has 10 nitrogen and oxygen atoms in total. The van der Waals surface area contributed by atoms with Gasteiger partial charge in [-0.15, -0.1) is 0 Å². The second-order valence-corrected chi connectivity index (χ2v) is 13.7. The number of aliphatic hydroxyl groups is 1. The minimum Gasteiger partial charge on any atom is -0.491 e. The Kier molecular flexibility index (Phi) is 8.26. The zero-order valence-corrected chi connectivity index (χ0v) is 28.0. The smallest absolute Gasteiger partial charge is 0.269 e. The van der Waals surface area contributed by atoms with Gasteiger partial charge in [0.2, 0.25) is 11.8 Å². The van der Waals surface area contributed by atoms with Crippen LogP contribution >= 0.6 is 0 Å². The predicted molar refractivity (Wildman–Crippen MR) is 191 cm³/mol. The number of allylic oxidation sites excluding steroid dienone is 4. The molecule has 0 spiro atoms. The van der Waals surface area contributed by atoms with Crippen LogP contribution in [0, 0.1) is 33.8 Å². The molecule has 260 valence electrons. The van der Waals surface area contributed by atoms with Gasteiger partial charge in [-0.25, -0.2) is 0 Å². The zero-order chi connectivity index (χ0) is 36.1. The van der Waals surface area contributed by atoms with Gasteiger partial charge in [-0.05, 0) is 65.8 Å².